The van der Waals surface area contributed by atoms with Gasteiger partial charge in [0.05, 0.1) is 17.3 Å². The van der Waals surface area contributed by atoms with Gasteiger partial charge in [0.15, 0.2) is 0 Å². The van der Waals surface area contributed by atoms with Crippen molar-refractivity contribution in [3.63, 3.8) is 0 Å². The Morgan fingerprint density at radius 3 is 2.83 bits per heavy atom. The van der Waals surface area contributed by atoms with Crippen LogP contribution in [0.2, 0.25) is 0 Å². The highest BCUT2D eigenvalue weighted by Gasteiger charge is 2.30. The van der Waals surface area contributed by atoms with Gasteiger partial charge in [-0.3, -0.25) is 0 Å². The molecule has 2 N–H and O–H groups in total. The zero-order chi connectivity index (χ0) is 13.3. The highest BCUT2D eigenvalue weighted by molar-refractivity contribution is 5.89. The number of hydrogen-bond acceptors (Lipinski definition) is 4. The zero-order valence-electron chi connectivity index (χ0n) is 10.5. The average Bonchev–Trinajstić information content (AvgIpc) is 2.35. The van der Waals surface area contributed by atoms with Crippen LogP contribution in [0.5, 0.6) is 5.75 Å². The average molecular weight is 251 g/mol. The molecule has 18 heavy (non-hydrogen) atoms. The molecular formula is C13H17NO4. The summed E-state index contributed by atoms with van der Waals surface area (Å²) in [6.45, 7) is 2.07. The minimum atomic E-state index is -0.948. The van der Waals surface area contributed by atoms with Gasteiger partial charge in [-0.2, -0.15) is 0 Å². The number of carboxylic acids is 1. The number of nitrogens with zero attached hydrogens (tertiary/aromatic N) is 1. The van der Waals surface area contributed by atoms with Gasteiger partial charge in [-0.15, -0.1) is 0 Å². The second-order valence-corrected chi connectivity index (χ2v) is 4.51. The van der Waals surface area contributed by atoms with Gasteiger partial charge in [-0.05, 0) is 25.1 Å². The van der Waals surface area contributed by atoms with Crippen molar-refractivity contribution in [3.8, 4) is 5.75 Å². The van der Waals surface area contributed by atoms with E-state index in [9.17, 15) is 4.79 Å². The summed E-state index contributed by atoms with van der Waals surface area (Å²) in [6, 6.07) is 4.91. The van der Waals surface area contributed by atoms with E-state index in [0.717, 1.165) is 5.69 Å². The summed E-state index contributed by atoms with van der Waals surface area (Å²) in [7, 11) is 1.90. The maximum absolute atomic E-state index is 10.9. The molecule has 0 aliphatic carbocycles. The lowest BCUT2D eigenvalue weighted by Crippen LogP contribution is -2.46. The molecule has 0 fully saturated rings. The zero-order valence-corrected chi connectivity index (χ0v) is 10.5. The van der Waals surface area contributed by atoms with Crippen molar-refractivity contribution in [1.82, 2.24) is 0 Å². The first-order valence-corrected chi connectivity index (χ1v) is 5.92. The molecule has 0 radical (unpaired) electrons. The Morgan fingerprint density at radius 1 is 1.50 bits per heavy atom. The van der Waals surface area contributed by atoms with Gasteiger partial charge in [0.2, 0.25) is 0 Å². The van der Waals surface area contributed by atoms with Crippen molar-refractivity contribution in [2.75, 3.05) is 18.6 Å². The van der Waals surface area contributed by atoms with E-state index in [1.807, 2.05) is 18.9 Å². The van der Waals surface area contributed by atoms with Crippen LogP contribution >= 0.6 is 0 Å². The van der Waals surface area contributed by atoms with Crippen LogP contribution in [0.3, 0.4) is 0 Å². The molecule has 0 aromatic heterocycles. The highest BCUT2D eigenvalue weighted by Crippen LogP contribution is 2.36. The second-order valence-electron chi connectivity index (χ2n) is 4.51. The minimum Gasteiger partial charge on any atom is -0.486 e. The first-order valence-electron chi connectivity index (χ1n) is 5.92. The lowest BCUT2D eigenvalue weighted by atomic mass is 10.0. The summed E-state index contributed by atoms with van der Waals surface area (Å²) in [6.07, 6.45) is 0.481. The number of fused-ring (bicyclic) bond motifs is 1. The standard InChI is InChI=1S/C13H17NO4/c1-8-11(5-6-15)18-12-4-3-9(13(16)17)7-10(12)14(8)2/h3-4,7-8,11,15H,5-6H2,1-2H3,(H,16,17). The Balaban J connectivity index is 2.36. The van der Waals surface area contributed by atoms with Gasteiger partial charge in [0, 0.05) is 20.1 Å². The van der Waals surface area contributed by atoms with Crippen molar-refractivity contribution >= 4 is 11.7 Å². The number of carbonyl (C=O) groups is 1. The number of aromatic carboxylic acids is 1. The summed E-state index contributed by atoms with van der Waals surface area (Å²) in [5.41, 5.74) is 1.02. The van der Waals surface area contributed by atoms with E-state index in [4.69, 9.17) is 14.9 Å². The third-order valence-corrected chi connectivity index (χ3v) is 3.43. The molecule has 5 nitrogen and oxygen atoms in total. The first-order chi connectivity index (χ1) is 8.54. The Labute approximate surface area is 106 Å². The SMILES string of the molecule is CC1C(CCO)Oc2ccc(C(=O)O)cc2N1C. The highest BCUT2D eigenvalue weighted by atomic mass is 16.5. The summed E-state index contributed by atoms with van der Waals surface area (Å²) in [5, 5.41) is 18.0. The maximum atomic E-state index is 10.9. The molecule has 0 spiro atoms. The lowest BCUT2D eigenvalue weighted by molar-refractivity contribution is 0.0696. The van der Waals surface area contributed by atoms with E-state index >= 15 is 0 Å². The van der Waals surface area contributed by atoms with Crippen LogP contribution in [0.4, 0.5) is 5.69 Å². The predicted molar refractivity (Wildman–Crippen MR) is 67.4 cm³/mol. The summed E-state index contributed by atoms with van der Waals surface area (Å²) >= 11 is 0. The normalized spacial score (nSPS) is 22.3. The fourth-order valence-corrected chi connectivity index (χ4v) is 2.18. The van der Waals surface area contributed by atoms with Crippen molar-refractivity contribution in [1.29, 1.82) is 0 Å². The van der Waals surface area contributed by atoms with E-state index in [2.05, 4.69) is 0 Å². The van der Waals surface area contributed by atoms with E-state index in [1.54, 1.807) is 12.1 Å². The molecule has 2 atom stereocenters. The molecule has 98 valence electrons. The third-order valence-electron chi connectivity index (χ3n) is 3.43. The van der Waals surface area contributed by atoms with Gasteiger partial charge in [0.1, 0.15) is 11.9 Å². The van der Waals surface area contributed by atoms with Crippen LogP contribution in [0.1, 0.15) is 23.7 Å². The molecule has 5 heteroatoms. The fourth-order valence-electron chi connectivity index (χ4n) is 2.18. The van der Waals surface area contributed by atoms with Gasteiger partial charge < -0.3 is 19.8 Å². The maximum Gasteiger partial charge on any atom is 0.335 e. The number of aliphatic hydroxyl groups is 1. The van der Waals surface area contributed by atoms with Crippen LogP contribution in [0, 0.1) is 0 Å². The molecule has 0 saturated heterocycles. The lowest BCUT2D eigenvalue weighted by Gasteiger charge is -2.39. The number of anilines is 1. The van der Waals surface area contributed by atoms with Crippen molar-refractivity contribution in [3.05, 3.63) is 23.8 Å². The largest absolute Gasteiger partial charge is 0.486 e. The molecule has 1 aromatic rings. The summed E-state index contributed by atoms with van der Waals surface area (Å²) < 4.78 is 5.80. The monoisotopic (exact) mass is 251 g/mol. The van der Waals surface area contributed by atoms with Crippen molar-refractivity contribution in [2.45, 2.75) is 25.5 Å². The Hall–Kier alpha value is -1.75. The van der Waals surface area contributed by atoms with Crippen LogP contribution in [0.25, 0.3) is 0 Å². The van der Waals surface area contributed by atoms with Crippen LogP contribution in [-0.4, -0.2) is 42.0 Å². The molecule has 0 saturated carbocycles. The van der Waals surface area contributed by atoms with Gasteiger partial charge in [-0.1, -0.05) is 0 Å². The van der Waals surface area contributed by atoms with E-state index in [-0.39, 0.29) is 24.3 Å². The fraction of sp³-hybridized carbons (Fsp3) is 0.462. The van der Waals surface area contributed by atoms with E-state index < -0.39 is 5.97 Å². The van der Waals surface area contributed by atoms with Crippen molar-refractivity contribution < 1.29 is 19.7 Å². The number of likely N-dealkylation sites (N-methyl/N-ethyl adjacent to an activating group) is 1. The van der Waals surface area contributed by atoms with Crippen LogP contribution < -0.4 is 9.64 Å². The molecule has 2 rings (SSSR count). The van der Waals surface area contributed by atoms with Crippen molar-refractivity contribution in [2.24, 2.45) is 0 Å². The van der Waals surface area contributed by atoms with Gasteiger partial charge >= 0.3 is 5.97 Å². The second kappa shape index (κ2) is 4.86. The van der Waals surface area contributed by atoms with Crippen LogP contribution in [0.15, 0.2) is 18.2 Å². The van der Waals surface area contributed by atoms with E-state index in [0.29, 0.717) is 12.2 Å². The Bertz CT molecular complexity index is 460. The predicted octanol–water partition coefficient (Wildman–Crippen LogP) is 1.35. The summed E-state index contributed by atoms with van der Waals surface area (Å²) in [5.74, 6) is -0.282. The quantitative estimate of drug-likeness (QED) is 0.848. The molecule has 1 aliphatic heterocycles. The Morgan fingerprint density at radius 2 is 2.22 bits per heavy atom. The number of rotatable bonds is 3. The number of benzene rings is 1. The number of aliphatic hydroxyl groups excluding tert-OH is 1. The summed E-state index contributed by atoms with van der Waals surface area (Å²) in [4.78, 5) is 12.9. The number of carboxylic acid groups (broad SMARTS) is 1. The van der Waals surface area contributed by atoms with Crippen LogP contribution in [-0.2, 0) is 0 Å². The molecule has 1 aliphatic rings. The molecular weight excluding hydrogens is 234 g/mol. The number of hydrogen-bond donors (Lipinski definition) is 2. The topological polar surface area (TPSA) is 70.0 Å². The Kier molecular flexibility index (Phi) is 3.43. The smallest absolute Gasteiger partial charge is 0.335 e. The van der Waals surface area contributed by atoms with Gasteiger partial charge in [0.25, 0.3) is 0 Å². The molecule has 1 heterocycles. The molecule has 0 bridgehead atoms. The van der Waals surface area contributed by atoms with Gasteiger partial charge in [-0.25, -0.2) is 4.79 Å². The molecule has 1 aromatic carbocycles. The minimum absolute atomic E-state index is 0.0748. The van der Waals surface area contributed by atoms with E-state index in [1.165, 1.54) is 6.07 Å². The molecule has 2 unspecified atom stereocenters. The number of ether oxygens (including phenoxy) is 1. The first kappa shape index (κ1) is 12.7. The third kappa shape index (κ3) is 2.13. The molecule has 0 amide bonds.